The Morgan fingerprint density at radius 2 is 1.97 bits per heavy atom. The molecule has 4 rings (SSSR count). The van der Waals surface area contributed by atoms with Gasteiger partial charge in [0.1, 0.15) is 16.9 Å². The van der Waals surface area contributed by atoms with Crippen LogP contribution in [0.4, 0.5) is 4.39 Å². The molecule has 3 aromatic rings. The lowest BCUT2D eigenvalue weighted by molar-refractivity contribution is -0.0283. The maximum atomic E-state index is 13.3. The molecule has 6 nitrogen and oxygen atoms in total. The maximum Gasteiger partial charge on any atom is 0.335 e. The average Bonchev–Trinajstić information content (AvgIpc) is 3.29. The molecule has 1 fully saturated rings. The highest BCUT2D eigenvalue weighted by atomic mass is 32.1. The van der Waals surface area contributed by atoms with Crippen molar-refractivity contribution in [3.8, 4) is 0 Å². The molecule has 1 unspecified atom stereocenters. The van der Waals surface area contributed by atoms with Crippen molar-refractivity contribution in [3.05, 3.63) is 81.8 Å². The Morgan fingerprint density at radius 1 is 1.20 bits per heavy atom. The SMILES string of the molecule is O=C(O)c1ccnc(CN2CCC(OC(c3ccc(F)cc3)c3nccs3)CC2)c1. The van der Waals surface area contributed by atoms with Gasteiger partial charge in [0.25, 0.3) is 0 Å². The summed E-state index contributed by atoms with van der Waals surface area (Å²) in [5.74, 6) is -1.22. The molecular formula is C22H22FN3O3S. The molecule has 1 saturated heterocycles. The summed E-state index contributed by atoms with van der Waals surface area (Å²) in [4.78, 5) is 22.1. The van der Waals surface area contributed by atoms with E-state index >= 15 is 0 Å². The zero-order valence-electron chi connectivity index (χ0n) is 16.3. The number of rotatable bonds is 7. The third-order valence-corrected chi connectivity index (χ3v) is 5.98. The van der Waals surface area contributed by atoms with Gasteiger partial charge in [-0.2, -0.15) is 0 Å². The maximum absolute atomic E-state index is 13.3. The van der Waals surface area contributed by atoms with Gasteiger partial charge in [-0.05, 0) is 42.7 Å². The molecule has 3 heterocycles. The molecule has 156 valence electrons. The van der Waals surface area contributed by atoms with Crippen molar-refractivity contribution in [2.24, 2.45) is 0 Å². The van der Waals surface area contributed by atoms with E-state index in [9.17, 15) is 9.18 Å². The van der Waals surface area contributed by atoms with Crippen LogP contribution in [0.2, 0.25) is 0 Å². The minimum Gasteiger partial charge on any atom is -0.478 e. The standard InChI is InChI=1S/C22H22FN3O3S/c23-17-3-1-15(2-4-17)20(21-25-9-12-30-21)29-19-6-10-26(11-7-19)14-18-13-16(22(27)28)5-8-24-18/h1-5,8-9,12-13,19-20H,6-7,10-11,14H2,(H,27,28). The zero-order valence-corrected chi connectivity index (χ0v) is 17.1. The number of thiazole rings is 1. The van der Waals surface area contributed by atoms with E-state index in [1.807, 2.05) is 5.38 Å². The third-order valence-electron chi connectivity index (χ3n) is 5.16. The van der Waals surface area contributed by atoms with Crippen molar-refractivity contribution >= 4 is 17.3 Å². The number of aromatic nitrogens is 2. The van der Waals surface area contributed by atoms with E-state index in [-0.39, 0.29) is 23.6 Å². The molecule has 0 aliphatic carbocycles. The number of carbonyl (C=O) groups is 1. The summed E-state index contributed by atoms with van der Waals surface area (Å²) in [6, 6.07) is 9.51. The second kappa shape index (κ2) is 9.42. The van der Waals surface area contributed by atoms with E-state index in [1.54, 1.807) is 24.4 Å². The summed E-state index contributed by atoms with van der Waals surface area (Å²) in [5.41, 5.74) is 1.90. The summed E-state index contributed by atoms with van der Waals surface area (Å²) in [7, 11) is 0. The lowest BCUT2D eigenvalue weighted by Crippen LogP contribution is -2.37. The van der Waals surface area contributed by atoms with Gasteiger partial charge >= 0.3 is 5.97 Å². The molecule has 0 amide bonds. The summed E-state index contributed by atoms with van der Waals surface area (Å²) >= 11 is 1.53. The van der Waals surface area contributed by atoms with Gasteiger partial charge in [-0.1, -0.05) is 12.1 Å². The largest absolute Gasteiger partial charge is 0.478 e. The number of piperidine rings is 1. The van der Waals surface area contributed by atoms with Crippen molar-refractivity contribution in [2.75, 3.05) is 13.1 Å². The quantitative estimate of drug-likeness (QED) is 0.611. The number of halogens is 1. The molecule has 0 spiro atoms. The summed E-state index contributed by atoms with van der Waals surface area (Å²) < 4.78 is 19.8. The Bertz CT molecular complexity index is 974. The molecule has 2 aromatic heterocycles. The number of hydrogen-bond acceptors (Lipinski definition) is 6. The van der Waals surface area contributed by atoms with Crippen LogP contribution in [0.15, 0.2) is 54.2 Å². The van der Waals surface area contributed by atoms with Crippen molar-refractivity contribution in [3.63, 3.8) is 0 Å². The van der Waals surface area contributed by atoms with Gasteiger partial charge in [-0.25, -0.2) is 14.2 Å². The molecule has 30 heavy (non-hydrogen) atoms. The number of carboxylic acid groups (broad SMARTS) is 1. The topological polar surface area (TPSA) is 75.5 Å². The zero-order chi connectivity index (χ0) is 20.9. The summed E-state index contributed by atoms with van der Waals surface area (Å²) in [6.07, 6.45) is 4.75. The fraction of sp³-hybridized carbons (Fsp3) is 0.318. The smallest absolute Gasteiger partial charge is 0.335 e. The van der Waals surface area contributed by atoms with Crippen LogP contribution in [0.1, 0.15) is 45.6 Å². The van der Waals surface area contributed by atoms with Gasteiger partial charge in [-0.3, -0.25) is 9.88 Å². The number of carboxylic acids is 1. The van der Waals surface area contributed by atoms with Crippen LogP contribution in [-0.2, 0) is 11.3 Å². The number of hydrogen-bond donors (Lipinski definition) is 1. The molecule has 8 heteroatoms. The normalized spacial score (nSPS) is 16.4. The minimum atomic E-state index is -0.945. The molecule has 1 aromatic carbocycles. The summed E-state index contributed by atoms with van der Waals surface area (Å²) in [6.45, 7) is 2.27. The molecule has 1 N–H and O–H groups in total. The first kappa shape index (κ1) is 20.6. The van der Waals surface area contributed by atoms with Gasteiger partial charge in [0.05, 0.1) is 17.4 Å². The van der Waals surface area contributed by atoms with Crippen LogP contribution in [-0.4, -0.2) is 45.1 Å². The van der Waals surface area contributed by atoms with Crippen molar-refractivity contribution in [2.45, 2.75) is 31.6 Å². The number of benzene rings is 1. The van der Waals surface area contributed by atoms with E-state index in [0.717, 1.165) is 42.2 Å². The van der Waals surface area contributed by atoms with Crippen LogP contribution < -0.4 is 0 Å². The Kier molecular flexibility index (Phi) is 6.47. The van der Waals surface area contributed by atoms with Crippen LogP contribution in [0, 0.1) is 5.82 Å². The number of ether oxygens (including phenoxy) is 1. The van der Waals surface area contributed by atoms with E-state index < -0.39 is 5.97 Å². The van der Waals surface area contributed by atoms with E-state index in [0.29, 0.717) is 6.54 Å². The molecule has 1 aliphatic rings. The predicted molar refractivity (Wildman–Crippen MR) is 111 cm³/mol. The van der Waals surface area contributed by atoms with Gasteiger partial charge in [0.2, 0.25) is 0 Å². The van der Waals surface area contributed by atoms with Crippen molar-refractivity contribution in [1.29, 1.82) is 0 Å². The Hall–Kier alpha value is -2.68. The number of nitrogens with zero attached hydrogens (tertiary/aromatic N) is 3. The molecule has 0 bridgehead atoms. The Labute approximate surface area is 178 Å². The van der Waals surface area contributed by atoms with Gasteiger partial charge < -0.3 is 9.84 Å². The van der Waals surface area contributed by atoms with Crippen LogP contribution >= 0.6 is 11.3 Å². The first-order valence-corrected chi connectivity index (χ1v) is 10.7. The monoisotopic (exact) mass is 427 g/mol. The van der Waals surface area contributed by atoms with Crippen LogP contribution in [0.5, 0.6) is 0 Å². The van der Waals surface area contributed by atoms with Gasteiger partial charge in [-0.15, -0.1) is 11.3 Å². The molecule has 1 aliphatic heterocycles. The third kappa shape index (κ3) is 5.08. The van der Waals surface area contributed by atoms with E-state index in [2.05, 4.69) is 14.9 Å². The van der Waals surface area contributed by atoms with Gasteiger partial charge in [0, 0.05) is 37.4 Å². The number of pyridine rings is 1. The molecular weight excluding hydrogens is 405 g/mol. The minimum absolute atomic E-state index is 0.0681. The fourth-order valence-corrected chi connectivity index (χ4v) is 4.30. The fourth-order valence-electron chi connectivity index (χ4n) is 3.60. The van der Waals surface area contributed by atoms with Crippen molar-refractivity contribution < 1.29 is 19.0 Å². The van der Waals surface area contributed by atoms with Crippen LogP contribution in [0.3, 0.4) is 0 Å². The summed E-state index contributed by atoms with van der Waals surface area (Å²) in [5, 5.41) is 11.9. The average molecular weight is 428 g/mol. The second-order valence-corrected chi connectivity index (χ2v) is 8.18. The lowest BCUT2D eigenvalue weighted by atomic mass is 10.1. The Morgan fingerprint density at radius 3 is 2.63 bits per heavy atom. The molecule has 0 radical (unpaired) electrons. The first-order chi connectivity index (χ1) is 14.6. The van der Waals surface area contributed by atoms with Gasteiger partial charge in [0.15, 0.2) is 0 Å². The van der Waals surface area contributed by atoms with E-state index in [4.69, 9.17) is 9.84 Å². The second-order valence-electron chi connectivity index (χ2n) is 7.25. The van der Waals surface area contributed by atoms with Crippen LogP contribution in [0.25, 0.3) is 0 Å². The molecule has 0 saturated carbocycles. The Balaban J connectivity index is 1.37. The highest BCUT2D eigenvalue weighted by Crippen LogP contribution is 2.31. The highest BCUT2D eigenvalue weighted by molar-refractivity contribution is 7.09. The lowest BCUT2D eigenvalue weighted by Gasteiger charge is -2.33. The highest BCUT2D eigenvalue weighted by Gasteiger charge is 2.26. The number of likely N-dealkylation sites (tertiary alicyclic amines) is 1. The predicted octanol–water partition coefficient (Wildman–Crippen LogP) is 4.15. The molecule has 1 atom stereocenters. The van der Waals surface area contributed by atoms with Crippen molar-refractivity contribution in [1.82, 2.24) is 14.9 Å². The first-order valence-electron chi connectivity index (χ1n) is 9.79. The number of aromatic carboxylic acids is 1. The van der Waals surface area contributed by atoms with E-state index in [1.165, 1.54) is 35.7 Å².